The average Bonchev–Trinajstić information content (AvgIpc) is 2.50. The van der Waals surface area contributed by atoms with Gasteiger partial charge in [-0.15, -0.1) is 0 Å². The van der Waals surface area contributed by atoms with Gasteiger partial charge in [-0.1, -0.05) is 31.4 Å². The lowest BCUT2D eigenvalue weighted by atomic mass is 9.96. The maximum atomic E-state index is 13.6. The van der Waals surface area contributed by atoms with Crippen LogP contribution in [0.5, 0.6) is 0 Å². The van der Waals surface area contributed by atoms with Crippen LogP contribution in [0.3, 0.4) is 0 Å². The second-order valence-corrected chi connectivity index (χ2v) is 5.79. The van der Waals surface area contributed by atoms with E-state index in [2.05, 4.69) is 15.7 Å². The molecule has 1 aliphatic carbocycles. The van der Waals surface area contributed by atoms with E-state index in [0.29, 0.717) is 17.6 Å². The number of hydrogen-bond acceptors (Lipinski definition) is 2. The molecule has 0 aliphatic heterocycles. The Morgan fingerprint density at radius 1 is 1.33 bits per heavy atom. The molecule has 1 aromatic carbocycles. The molecule has 4 nitrogen and oxygen atoms in total. The van der Waals surface area contributed by atoms with Crippen LogP contribution in [0.25, 0.3) is 0 Å². The maximum Gasteiger partial charge on any atom is 0.206 e. The molecular weight excluding hydrogens is 267 g/mol. The van der Waals surface area contributed by atoms with Crippen LogP contribution in [0.2, 0.25) is 0 Å². The predicted molar refractivity (Wildman–Crippen MR) is 84.3 cm³/mol. The molecule has 1 fully saturated rings. The molecule has 0 saturated heterocycles. The van der Waals surface area contributed by atoms with Crippen LogP contribution in [-0.4, -0.2) is 12.0 Å². The fourth-order valence-corrected chi connectivity index (χ4v) is 2.68. The standard InChI is InChI=1S/C16H25FN4/c1-11-8-9-13(10-15(11)17)12(2)19-16(21-18)20-14-6-4-3-5-7-14/h8-10,12,14H,3-7,18H2,1-2H3,(H2,19,20,21). The van der Waals surface area contributed by atoms with Gasteiger partial charge >= 0.3 is 0 Å². The Bertz CT molecular complexity index is 495. The van der Waals surface area contributed by atoms with Crippen LogP contribution in [0.4, 0.5) is 4.39 Å². The molecule has 1 unspecified atom stereocenters. The molecule has 0 bridgehead atoms. The lowest BCUT2D eigenvalue weighted by Gasteiger charge is -2.22. The summed E-state index contributed by atoms with van der Waals surface area (Å²) >= 11 is 0. The zero-order valence-corrected chi connectivity index (χ0v) is 12.8. The molecule has 1 saturated carbocycles. The minimum Gasteiger partial charge on any atom is -0.349 e. The Balaban J connectivity index is 2.02. The lowest BCUT2D eigenvalue weighted by molar-refractivity contribution is 0.440. The molecule has 2 rings (SSSR count). The number of nitrogens with zero attached hydrogens (tertiary/aromatic N) is 1. The van der Waals surface area contributed by atoms with E-state index >= 15 is 0 Å². The van der Waals surface area contributed by atoms with Crippen molar-refractivity contribution in [3.63, 3.8) is 0 Å². The second-order valence-electron chi connectivity index (χ2n) is 5.79. The second kappa shape index (κ2) is 7.41. The van der Waals surface area contributed by atoms with Crippen LogP contribution in [0.15, 0.2) is 23.2 Å². The highest BCUT2D eigenvalue weighted by atomic mass is 19.1. The average molecular weight is 292 g/mol. The number of hydrogen-bond donors (Lipinski definition) is 3. The summed E-state index contributed by atoms with van der Waals surface area (Å²) in [5.74, 6) is 5.94. The number of nitrogens with two attached hydrogens (primary N) is 1. The van der Waals surface area contributed by atoms with Gasteiger partial charge in [-0.3, -0.25) is 5.43 Å². The number of halogens is 1. The van der Waals surface area contributed by atoms with E-state index in [4.69, 9.17) is 5.84 Å². The summed E-state index contributed by atoms with van der Waals surface area (Å²) in [6.07, 6.45) is 5.97. The Hall–Kier alpha value is -1.62. The van der Waals surface area contributed by atoms with Crippen LogP contribution >= 0.6 is 0 Å². The first-order valence-corrected chi connectivity index (χ1v) is 7.67. The molecule has 0 heterocycles. The molecule has 4 N–H and O–H groups in total. The van der Waals surface area contributed by atoms with E-state index in [-0.39, 0.29) is 11.9 Å². The molecule has 0 spiro atoms. The molecule has 1 aliphatic rings. The number of rotatable bonds is 3. The fourth-order valence-electron chi connectivity index (χ4n) is 2.68. The monoisotopic (exact) mass is 292 g/mol. The van der Waals surface area contributed by atoms with Gasteiger partial charge in [0.05, 0.1) is 12.1 Å². The van der Waals surface area contributed by atoms with Gasteiger partial charge in [-0.05, 0) is 43.9 Å². The predicted octanol–water partition coefficient (Wildman–Crippen LogP) is 2.94. The van der Waals surface area contributed by atoms with E-state index in [1.54, 1.807) is 19.1 Å². The smallest absolute Gasteiger partial charge is 0.206 e. The van der Waals surface area contributed by atoms with Crippen molar-refractivity contribution in [1.29, 1.82) is 0 Å². The van der Waals surface area contributed by atoms with Crippen molar-refractivity contribution in [2.45, 2.75) is 58.0 Å². The highest BCUT2D eigenvalue weighted by Gasteiger charge is 2.14. The summed E-state index contributed by atoms with van der Waals surface area (Å²) in [7, 11) is 0. The maximum absolute atomic E-state index is 13.6. The molecule has 21 heavy (non-hydrogen) atoms. The number of aryl methyl sites for hydroxylation is 1. The Morgan fingerprint density at radius 2 is 2.05 bits per heavy atom. The molecule has 0 amide bonds. The van der Waals surface area contributed by atoms with Crippen molar-refractivity contribution in [3.05, 3.63) is 35.1 Å². The molecule has 0 radical (unpaired) electrons. The summed E-state index contributed by atoms with van der Waals surface area (Å²) < 4.78 is 13.6. The van der Waals surface area contributed by atoms with Gasteiger partial charge in [0, 0.05) is 0 Å². The molecule has 1 aromatic rings. The van der Waals surface area contributed by atoms with Gasteiger partial charge < -0.3 is 5.32 Å². The van der Waals surface area contributed by atoms with Crippen LogP contribution < -0.4 is 16.6 Å². The van der Waals surface area contributed by atoms with E-state index in [9.17, 15) is 4.39 Å². The van der Waals surface area contributed by atoms with Gasteiger partial charge in [0.25, 0.3) is 0 Å². The third-order valence-electron chi connectivity index (χ3n) is 4.07. The normalized spacial score (nSPS) is 18.4. The molecule has 116 valence electrons. The summed E-state index contributed by atoms with van der Waals surface area (Å²) in [5, 5.41) is 3.22. The zero-order chi connectivity index (χ0) is 15.2. The highest BCUT2D eigenvalue weighted by molar-refractivity contribution is 5.79. The molecule has 0 aromatic heterocycles. The summed E-state index contributed by atoms with van der Waals surface area (Å²) in [6, 6.07) is 5.54. The zero-order valence-electron chi connectivity index (χ0n) is 12.8. The first kappa shape index (κ1) is 15.8. The Kier molecular flexibility index (Phi) is 5.56. The number of benzene rings is 1. The fraction of sp³-hybridized carbons (Fsp3) is 0.562. The largest absolute Gasteiger partial charge is 0.349 e. The van der Waals surface area contributed by atoms with E-state index in [0.717, 1.165) is 18.4 Å². The van der Waals surface area contributed by atoms with Crippen LogP contribution in [-0.2, 0) is 0 Å². The van der Waals surface area contributed by atoms with Crippen molar-refractivity contribution >= 4 is 5.96 Å². The van der Waals surface area contributed by atoms with E-state index in [1.807, 2.05) is 13.0 Å². The third kappa shape index (κ3) is 4.43. The number of nitrogens with one attached hydrogen (secondary N) is 2. The SMILES string of the molecule is Cc1ccc(C(C)NC(=NC2CCCCC2)NN)cc1F. The topological polar surface area (TPSA) is 62.4 Å². The number of hydrazine groups is 1. The molecule has 5 heteroatoms. The van der Waals surface area contributed by atoms with Gasteiger partial charge in [-0.2, -0.15) is 0 Å². The Morgan fingerprint density at radius 3 is 2.67 bits per heavy atom. The van der Waals surface area contributed by atoms with Crippen LogP contribution in [0, 0.1) is 12.7 Å². The summed E-state index contributed by atoms with van der Waals surface area (Å²) in [5.41, 5.74) is 4.15. The van der Waals surface area contributed by atoms with Gasteiger partial charge in [0.2, 0.25) is 5.96 Å². The van der Waals surface area contributed by atoms with Crippen molar-refractivity contribution < 1.29 is 4.39 Å². The number of guanidine groups is 1. The minimum atomic E-state index is -0.187. The van der Waals surface area contributed by atoms with E-state index < -0.39 is 0 Å². The van der Waals surface area contributed by atoms with Gasteiger partial charge in [0.1, 0.15) is 5.82 Å². The molecular formula is C16H25FN4. The van der Waals surface area contributed by atoms with Crippen LogP contribution in [0.1, 0.15) is 56.2 Å². The van der Waals surface area contributed by atoms with Crippen molar-refractivity contribution in [2.75, 3.05) is 0 Å². The van der Waals surface area contributed by atoms with Crippen molar-refractivity contribution in [1.82, 2.24) is 10.7 Å². The van der Waals surface area contributed by atoms with Crippen molar-refractivity contribution in [2.24, 2.45) is 10.8 Å². The first-order valence-electron chi connectivity index (χ1n) is 7.67. The quantitative estimate of drug-likeness (QED) is 0.347. The minimum absolute atomic E-state index is 0.0570. The Labute approximate surface area is 126 Å². The third-order valence-corrected chi connectivity index (χ3v) is 4.07. The highest BCUT2D eigenvalue weighted by Crippen LogP contribution is 2.20. The van der Waals surface area contributed by atoms with E-state index in [1.165, 1.54) is 19.3 Å². The summed E-state index contributed by atoms with van der Waals surface area (Å²) in [6.45, 7) is 3.73. The number of aliphatic imine (C=N–C) groups is 1. The summed E-state index contributed by atoms with van der Waals surface area (Å²) in [4.78, 5) is 4.64. The lowest BCUT2D eigenvalue weighted by Crippen LogP contribution is -2.43. The van der Waals surface area contributed by atoms with Crippen molar-refractivity contribution in [3.8, 4) is 0 Å². The van der Waals surface area contributed by atoms with Gasteiger partial charge in [0.15, 0.2) is 0 Å². The first-order chi connectivity index (χ1) is 10.1. The molecule has 1 atom stereocenters. The van der Waals surface area contributed by atoms with Gasteiger partial charge in [-0.25, -0.2) is 15.2 Å².